The first kappa shape index (κ1) is 21.5. The number of hydrogen-bond donors (Lipinski definition) is 2. The van der Waals surface area contributed by atoms with E-state index in [1.807, 2.05) is 20.0 Å². The van der Waals surface area contributed by atoms with Crippen LogP contribution in [0.3, 0.4) is 0 Å². The molecule has 26 heavy (non-hydrogen) atoms. The van der Waals surface area contributed by atoms with Gasteiger partial charge in [-0.2, -0.15) is 0 Å². The van der Waals surface area contributed by atoms with E-state index >= 15 is 0 Å². The van der Waals surface area contributed by atoms with Gasteiger partial charge in [0.15, 0.2) is 0 Å². The van der Waals surface area contributed by atoms with Crippen LogP contribution in [0.1, 0.15) is 49.5 Å². The Morgan fingerprint density at radius 2 is 1.77 bits per heavy atom. The van der Waals surface area contributed by atoms with E-state index in [4.69, 9.17) is 9.47 Å². The summed E-state index contributed by atoms with van der Waals surface area (Å²) in [7, 11) is 1.82. The quantitative estimate of drug-likeness (QED) is 0.619. The fraction of sp³-hybridized carbons (Fsp3) is 0.526. The van der Waals surface area contributed by atoms with E-state index in [0.29, 0.717) is 5.56 Å². The standard InChI is InChI=1S/C19H28N2O5/c1-5-13-12-14(8-9-15(13)20-4)18(23)21-16(19(24)26-7-3)10-11-17(22)25-6-2/h8-9,12,16,20H,5-7,10-11H2,1-4H3,(H,21,23)/t16-/m0/s1. The molecule has 0 radical (unpaired) electrons. The summed E-state index contributed by atoms with van der Waals surface area (Å²) in [6, 6.07) is 4.40. The highest BCUT2D eigenvalue weighted by atomic mass is 16.5. The van der Waals surface area contributed by atoms with Gasteiger partial charge >= 0.3 is 11.9 Å². The summed E-state index contributed by atoms with van der Waals surface area (Å²) in [5.74, 6) is -1.36. The average Bonchev–Trinajstić information content (AvgIpc) is 2.64. The largest absolute Gasteiger partial charge is 0.466 e. The second-order valence-corrected chi connectivity index (χ2v) is 5.60. The van der Waals surface area contributed by atoms with E-state index in [2.05, 4.69) is 10.6 Å². The molecule has 0 saturated heterocycles. The molecule has 0 saturated carbocycles. The number of anilines is 1. The van der Waals surface area contributed by atoms with Gasteiger partial charge in [0.05, 0.1) is 13.2 Å². The zero-order chi connectivity index (χ0) is 19.5. The molecule has 0 heterocycles. The Labute approximate surface area is 154 Å². The summed E-state index contributed by atoms with van der Waals surface area (Å²) in [4.78, 5) is 36.2. The lowest BCUT2D eigenvalue weighted by molar-refractivity contribution is -0.146. The van der Waals surface area contributed by atoms with Gasteiger partial charge in [0.1, 0.15) is 6.04 Å². The number of amides is 1. The van der Waals surface area contributed by atoms with Crippen LogP contribution in [0.5, 0.6) is 0 Å². The number of hydrogen-bond acceptors (Lipinski definition) is 6. The molecule has 0 fully saturated rings. The number of carbonyl (C=O) groups excluding carboxylic acids is 3. The first-order valence-electron chi connectivity index (χ1n) is 8.90. The van der Waals surface area contributed by atoms with Crippen molar-refractivity contribution in [2.45, 2.75) is 46.1 Å². The molecule has 2 N–H and O–H groups in total. The lowest BCUT2D eigenvalue weighted by atomic mass is 10.0. The first-order chi connectivity index (χ1) is 12.5. The Morgan fingerprint density at radius 1 is 1.08 bits per heavy atom. The van der Waals surface area contributed by atoms with Gasteiger partial charge in [-0.25, -0.2) is 4.79 Å². The number of nitrogens with one attached hydrogen (secondary N) is 2. The normalized spacial score (nSPS) is 11.4. The predicted octanol–water partition coefficient (Wildman–Crippen LogP) is 2.30. The van der Waals surface area contributed by atoms with Crippen molar-refractivity contribution >= 4 is 23.5 Å². The summed E-state index contributed by atoms with van der Waals surface area (Å²) in [6.45, 7) is 5.86. The van der Waals surface area contributed by atoms with Gasteiger partial charge in [-0.05, 0) is 50.5 Å². The summed E-state index contributed by atoms with van der Waals surface area (Å²) < 4.78 is 9.87. The maximum atomic E-state index is 12.5. The van der Waals surface area contributed by atoms with Gasteiger partial charge in [0.2, 0.25) is 0 Å². The summed E-state index contributed by atoms with van der Waals surface area (Å²) in [6.07, 6.45) is 0.913. The van der Waals surface area contributed by atoms with Crippen molar-refractivity contribution in [2.24, 2.45) is 0 Å². The van der Waals surface area contributed by atoms with Crippen LogP contribution >= 0.6 is 0 Å². The summed E-state index contributed by atoms with van der Waals surface area (Å²) >= 11 is 0. The molecule has 0 aliphatic carbocycles. The molecule has 0 spiro atoms. The molecule has 0 unspecified atom stereocenters. The van der Waals surface area contributed by atoms with Gasteiger partial charge in [-0.1, -0.05) is 6.92 Å². The second kappa shape index (κ2) is 11.1. The van der Waals surface area contributed by atoms with Crippen LogP contribution in [-0.2, 0) is 25.5 Å². The minimum absolute atomic E-state index is 0.0243. The Balaban J connectivity index is 2.86. The molecule has 1 amide bonds. The van der Waals surface area contributed by atoms with Crippen LogP contribution < -0.4 is 10.6 Å². The van der Waals surface area contributed by atoms with Crippen molar-refractivity contribution in [3.8, 4) is 0 Å². The smallest absolute Gasteiger partial charge is 0.328 e. The number of benzene rings is 1. The molecule has 1 rings (SSSR count). The third-order valence-corrected chi connectivity index (χ3v) is 3.84. The van der Waals surface area contributed by atoms with E-state index in [-0.39, 0.29) is 32.0 Å². The number of aryl methyl sites for hydroxylation is 1. The molecule has 1 atom stereocenters. The van der Waals surface area contributed by atoms with Crippen molar-refractivity contribution in [1.29, 1.82) is 0 Å². The van der Waals surface area contributed by atoms with Gasteiger partial charge in [0.25, 0.3) is 5.91 Å². The lowest BCUT2D eigenvalue weighted by Gasteiger charge is -2.17. The van der Waals surface area contributed by atoms with Crippen LogP contribution in [0.4, 0.5) is 5.69 Å². The van der Waals surface area contributed by atoms with E-state index < -0.39 is 18.0 Å². The third-order valence-electron chi connectivity index (χ3n) is 3.84. The molecule has 1 aromatic carbocycles. The predicted molar refractivity (Wildman–Crippen MR) is 99.1 cm³/mol. The van der Waals surface area contributed by atoms with Crippen LogP contribution in [0.2, 0.25) is 0 Å². The molecule has 7 nitrogen and oxygen atoms in total. The van der Waals surface area contributed by atoms with Crippen molar-refractivity contribution < 1.29 is 23.9 Å². The highest BCUT2D eigenvalue weighted by Gasteiger charge is 2.24. The highest BCUT2D eigenvalue weighted by Crippen LogP contribution is 2.18. The van der Waals surface area contributed by atoms with E-state index in [0.717, 1.165) is 17.7 Å². The summed E-state index contributed by atoms with van der Waals surface area (Å²) in [5, 5.41) is 5.74. The fourth-order valence-corrected chi connectivity index (χ4v) is 2.50. The second-order valence-electron chi connectivity index (χ2n) is 5.60. The highest BCUT2D eigenvalue weighted by molar-refractivity contribution is 5.97. The molecular formula is C19H28N2O5. The maximum Gasteiger partial charge on any atom is 0.328 e. The van der Waals surface area contributed by atoms with Crippen molar-refractivity contribution in [3.05, 3.63) is 29.3 Å². The number of esters is 2. The Bertz CT molecular complexity index is 630. The van der Waals surface area contributed by atoms with Crippen LogP contribution in [0, 0.1) is 0 Å². The molecular weight excluding hydrogens is 336 g/mol. The molecule has 7 heteroatoms. The molecule has 1 aromatic rings. The monoisotopic (exact) mass is 364 g/mol. The minimum Gasteiger partial charge on any atom is -0.466 e. The van der Waals surface area contributed by atoms with Crippen LogP contribution in [-0.4, -0.2) is 44.1 Å². The number of ether oxygens (including phenoxy) is 2. The Kier molecular flexibility index (Phi) is 9.19. The number of rotatable bonds is 10. The minimum atomic E-state index is -0.902. The third kappa shape index (κ3) is 6.38. The molecule has 0 aromatic heterocycles. The zero-order valence-electron chi connectivity index (χ0n) is 15.9. The number of carbonyl (C=O) groups is 3. The first-order valence-corrected chi connectivity index (χ1v) is 8.90. The van der Waals surface area contributed by atoms with E-state index in [1.54, 1.807) is 26.0 Å². The van der Waals surface area contributed by atoms with Crippen molar-refractivity contribution in [3.63, 3.8) is 0 Å². The van der Waals surface area contributed by atoms with Crippen molar-refractivity contribution in [1.82, 2.24) is 5.32 Å². The Morgan fingerprint density at radius 3 is 2.35 bits per heavy atom. The Hall–Kier alpha value is -2.57. The topological polar surface area (TPSA) is 93.7 Å². The van der Waals surface area contributed by atoms with Gasteiger partial charge in [-0.15, -0.1) is 0 Å². The average molecular weight is 364 g/mol. The van der Waals surface area contributed by atoms with Crippen molar-refractivity contribution in [2.75, 3.05) is 25.6 Å². The van der Waals surface area contributed by atoms with E-state index in [1.165, 1.54) is 0 Å². The van der Waals surface area contributed by atoms with Gasteiger partial charge in [-0.3, -0.25) is 9.59 Å². The lowest BCUT2D eigenvalue weighted by Crippen LogP contribution is -2.42. The van der Waals surface area contributed by atoms with Gasteiger partial charge in [0, 0.05) is 24.7 Å². The zero-order valence-corrected chi connectivity index (χ0v) is 15.9. The van der Waals surface area contributed by atoms with E-state index in [9.17, 15) is 14.4 Å². The molecule has 0 bridgehead atoms. The van der Waals surface area contributed by atoms with Crippen LogP contribution in [0.15, 0.2) is 18.2 Å². The maximum absolute atomic E-state index is 12.5. The van der Waals surface area contributed by atoms with Gasteiger partial charge < -0.3 is 20.1 Å². The van der Waals surface area contributed by atoms with Crippen LogP contribution in [0.25, 0.3) is 0 Å². The molecule has 144 valence electrons. The summed E-state index contributed by atoms with van der Waals surface area (Å²) in [5.41, 5.74) is 2.40. The fourth-order valence-electron chi connectivity index (χ4n) is 2.50. The molecule has 0 aliphatic rings. The molecule has 0 aliphatic heterocycles. The SMILES string of the molecule is CCOC(=O)CC[C@H](NC(=O)c1ccc(NC)c(CC)c1)C(=O)OCC.